The Morgan fingerprint density at radius 3 is 2.81 bits per heavy atom. The molecule has 5 saturated carbocycles. The highest BCUT2D eigenvalue weighted by Gasteiger charge is 2.72. The van der Waals surface area contributed by atoms with E-state index in [0.29, 0.717) is 24.0 Å². The van der Waals surface area contributed by atoms with Crippen LogP contribution in [0.3, 0.4) is 0 Å². The predicted molar refractivity (Wildman–Crippen MR) is 99.4 cm³/mol. The van der Waals surface area contributed by atoms with Crippen molar-refractivity contribution in [3.8, 4) is 0 Å². The highest BCUT2D eigenvalue weighted by molar-refractivity contribution is 5.89. The molecule has 144 valence electrons. The summed E-state index contributed by atoms with van der Waals surface area (Å²) in [6.45, 7) is 9.65. The van der Waals surface area contributed by atoms with Crippen molar-refractivity contribution >= 4 is 5.78 Å². The molecule has 0 amide bonds. The van der Waals surface area contributed by atoms with Crippen molar-refractivity contribution in [1.29, 1.82) is 0 Å². The Hall–Kier alpha value is -0.710. The largest absolute Gasteiger partial charge is 0.395 e. The SMILES string of the molecule is C=C1[C@H]2CC(=O)[C@@]3(CC[C@@H]4[C@@]5(C)CCC[C@@]4(CN(CCO)C5)[C@@H]3C2)[C@H]1O. The summed E-state index contributed by atoms with van der Waals surface area (Å²) >= 11 is 0. The molecule has 1 spiro atoms. The van der Waals surface area contributed by atoms with Gasteiger partial charge in [-0.05, 0) is 66.3 Å². The lowest BCUT2D eigenvalue weighted by Gasteiger charge is -2.72. The fourth-order valence-corrected chi connectivity index (χ4v) is 8.64. The number of carbonyl (C=O) groups is 1. The fraction of sp³-hybridized carbons (Fsp3) is 0.864. The number of fused-ring (bicyclic) bond motifs is 2. The van der Waals surface area contributed by atoms with Gasteiger partial charge in [-0.2, -0.15) is 0 Å². The van der Waals surface area contributed by atoms with Crippen LogP contribution in [0.1, 0.15) is 51.9 Å². The second kappa shape index (κ2) is 5.42. The fourth-order valence-electron chi connectivity index (χ4n) is 8.64. The molecule has 4 nitrogen and oxygen atoms in total. The van der Waals surface area contributed by atoms with Crippen LogP contribution in [-0.2, 0) is 4.79 Å². The number of hydrogen-bond donors (Lipinski definition) is 2. The molecule has 2 N–H and O–H groups in total. The third kappa shape index (κ3) is 1.89. The van der Waals surface area contributed by atoms with E-state index in [9.17, 15) is 15.0 Å². The molecule has 1 heterocycles. The lowest BCUT2D eigenvalue weighted by Crippen LogP contribution is -2.73. The zero-order valence-corrected chi connectivity index (χ0v) is 16.0. The Morgan fingerprint density at radius 2 is 2.04 bits per heavy atom. The minimum Gasteiger partial charge on any atom is -0.395 e. The summed E-state index contributed by atoms with van der Waals surface area (Å²) < 4.78 is 0. The maximum absolute atomic E-state index is 13.2. The molecule has 0 unspecified atom stereocenters. The number of likely N-dealkylation sites (tertiary alicyclic amines) is 1. The van der Waals surface area contributed by atoms with Gasteiger partial charge in [-0.25, -0.2) is 0 Å². The van der Waals surface area contributed by atoms with E-state index < -0.39 is 11.5 Å². The first-order chi connectivity index (χ1) is 12.4. The molecule has 1 aliphatic heterocycles. The smallest absolute Gasteiger partial charge is 0.142 e. The number of piperidine rings is 1. The Morgan fingerprint density at radius 1 is 1.23 bits per heavy atom. The molecule has 4 bridgehead atoms. The highest BCUT2D eigenvalue weighted by Crippen LogP contribution is 2.72. The molecule has 5 aliphatic carbocycles. The van der Waals surface area contributed by atoms with E-state index in [4.69, 9.17) is 0 Å². The summed E-state index contributed by atoms with van der Waals surface area (Å²) in [4.78, 5) is 15.7. The molecule has 0 radical (unpaired) electrons. The molecule has 7 atom stereocenters. The van der Waals surface area contributed by atoms with Gasteiger partial charge in [0, 0.05) is 26.1 Å². The predicted octanol–water partition coefficient (Wildman–Crippen LogP) is 2.39. The van der Waals surface area contributed by atoms with Gasteiger partial charge in [-0.1, -0.05) is 19.9 Å². The van der Waals surface area contributed by atoms with Gasteiger partial charge in [0.1, 0.15) is 5.78 Å². The normalized spacial score (nSPS) is 53.3. The van der Waals surface area contributed by atoms with Gasteiger partial charge < -0.3 is 10.2 Å². The van der Waals surface area contributed by atoms with Crippen LogP contribution in [0.5, 0.6) is 0 Å². The Balaban J connectivity index is 1.63. The van der Waals surface area contributed by atoms with Crippen LogP contribution in [0.15, 0.2) is 12.2 Å². The van der Waals surface area contributed by atoms with E-state index >= 15 is 0 Å². The van der Waals surface area contributed by atoms with E-state index in [1.54, 1.807) is 0 Å². The van der Waals surface area contributed by atoms with Gasteiger partial charge in [0.05, 0.1) is 18.1 Å². The van der Waals surface area contributed by atoms with Crippen LogP contribution in [0.25, 0.3) is 0 Å². The van der Waals surface area contributed by atoms with E-state index in [1.165, 1.54) is 19.3 Å². The molecule has 1 saturated heterocycles. The van der Waals surface area contributed by atoms with Crippen LogP contribution >= 0.6 is 0 Å². The van der Waals surface area contributed by atoms with Crippen LogP contribution in [-0.4, -0.2) is 53.2 Å². The topological polar surface area (TPSA) is 60.8 Å². The van der Waals surface area contributed by atoms with E-state index in [0.717, 1.165) is 44.5 Å². The third-order valence-electron chi connectivity index (χ3n) is 9.44. The summed E-state index contributed by atoms with van der Waals surface area (Å²) in [5.41, 5.74) is 0.782. The van der Waals surface area contributed by atoms with Crippen molar-refractivity contribution < 1.29 is 15.0 Å². The number of Topliss-reactive ketones (excluding diaryl/α,β-unsaturated/α-hetero) is 1. The van der Waals surface area contributed by atoms with Gasteiger partial charge in [-0.15, -0.1) is 0 Å². The van der Waals surface area contributed by atoms with Crippen molar-refractivity contribution in [3.05, 3.63) is 12.2 Å². The molecule has 6 fully saturated rings. The van der Waals surface area contributed by atoms with Gasteiger partial charge in [-0.3, -0.25) is 9.69 Å². The zero-order chi connectivity index (χ0) is 18.3. The number of rotatable bonds is 2. The molecule has 0 aromatic heterocycles. The number of β-amino-alcohol motifs (C(OH)–C–C–N with tert-alkyl or cyclic N) is 1. The first-order valence-corrected chi connectivity index (χ1v) is 10.6. The Labute approximate surface area is 156 Å². The van der Waals surface area contributed by atoms with E-state index in [1.807, 2.05) is 0 Å². The third-order valence-corrected chi connectivity index (χ3v) is 9.44. The molecule has 4 heteroatoms. The maximum atomic E-state index is 13.2. The van der Waals surface area contributed by atoms with Gasteiger partial charge in [0.15, 0.2) is 0 Å². The number of nitrogens with zero attached hydrogens (tertiary/aromatic N) is 1. The van der Waals surface area contributed by atoms with Crippen molar-refractivity contribution in [2.75, 3.05) is 26.2 Å². The highest BCUT2D eigenvalue weighted by atomic mass is 16.3. The summed E-state index contributed by atoms with van der Waals surface area (Å²) in [5, 5.41) is 20.7. The molecule has 0 aromatic rings. The molecule has 6 aliphatic rings. The van der Waals surface area contributed by atoms with Gasteiger partial charge >= 0.3 is 0 Å². The number of ketones is 1. The second-order valence-electron chi connectivity index (χ2n) is 10.4. The van der Waals surface area contributed by atoms with Gasteiger partial charge in [0.2, 0.25) is 0 Å². The first-order valence-electron chi connectivity index (χ1n) is 10.6. The number of aliphatic hydroxyl groups is 2. The van der Waals surface area contributed by atoms with Crippen molar-refractivity contribution in [1.82, 2.24) is 4.90 Å². The molecule has 26 heavy (non-hydrogen) atoms. The standard InChI is InChI=1S/C22H33NO3/c1-14-15-10-17-21-6-3-5-20(2,12-23(13-21)8-9-24)16(21)4-7-22(17,19(14)26)18(25)11-15/h15-17,19,24,26H,1,3-13H2,2H3/t15-,16-,17+,19+,20+,21+,22+/m1/s1. The number of hydrogen-bond acceptors (Lipinski definition) is 4. The van der Waals surface area contributed by atoms with Crippen LogP contribution in [0.2, 0.25) is 0 Å². The average molecular weight is 360 g/mol. The minimum absolute atomic E-state index is 0.134. The zero-order valence-electron chi connectivity index (χ0n) is 16.0. The first kappa shape index (κ1) is 17.4. The Bertz CT molecular complexity index is 662. The minimum atomic E-state index is -0.635. The lowest BCUT2D eigenvalue weighted by molar-refractivity contribution is -0.232. The lowest BCUT2D eigenvalue weighted by atomic mass is 9.34. The number of carbonyl (C=O) groups excluding carboxylic acids is 1. The molecule has 0 aromatic carbocycles. The number of aliphatic hydroxyl groups excluding tert-OH is 2. The summed E-state index contributed by atoms with van der Waals surface area (Å²) in [6.07, 6.45) is 6.61. The monoisotopic (exact) mass is 359 g/mol. The summed E-state index contributed by atoms with van der Waals surface area (Å²) in [5.74, 6) is 1.44. The molecular weight excluding hydrogens is 326 g/mol. The van der Waals surface area contributed by atoms with Crippen LogP contribution < -0.4 is 0 Å². The quantitative estimate of drug-likeness (QED) is 0.743. The molecule has 6 rings (SSSR count). The summed E-state index contributed by atoms with van der Waals surface area (Å²) in [6, 6.07) is 0. The maximum Gasteiger partial charge on any atom is 0.142 e. The second-order valence-corrected chi connectivity index (χ2v) is 10.4. The van der Waals surface area contributed by atoms with E-state index in [2.05, 4.69) is 18.4 Å². The van der Waals surface area contributed by atoms with Gasteiger partial charge in [0.25, 0.3) is 0 Å². The van der Waals surface area contributed by atoms with Crippen molar-refractivity contribution in [2.24, 2.45) is 34.0 Å². The average Bonchev–Trinajstić information content (AvgIpc) is 2.58. The Kier molecular flexibility index (Phi) is 3.63. The van der Waals surface area contributed by atoms with Crippen molar-refractivity contribution in [3.63, 3.8) is 0 Å². The molecular formula is C22H33NO3. The summed E-state index contributed by atoms with van der Waals surface area (Å²) in [7, 11) is 0. The van der Waals surface area contributed by atoms with Crippen LogP contribution in [0, 0.1) is 34.0 Å². The van der Waals surface area contributed by atoms with E-state index in [-0.39, 0.29) is 23.4 Å². The van der Waals surface area contributed by atoms with Crippen molar-refractivity contribution in [2.45, 2.75) is 58.0 Å². The van der Waals surface area contributed by atoms with Crippen LogP contribution in [0.4, 0.5) is 0 Å².